The Balaban J connectivity index is 1.42. The van der Waals surface area contributed by atoms with E-state index in [0.29, 0.717) is 5.92 Å². The monoisotopic (exact) mass is 810 g/mol. The van der Waals surface area contributed by atoms with Gasteiger partial charge in [0.2, 0.25) is 0 Å². The lowest BCUT2D eigenvalue weighted by Gasteiger charge is -2.37. The average Bonchev–Trinajstić information content (AvgIpc) is 3.72. The van der Waals surface area contributed by atoms with Crippen LogP contribution in [0.4, 0.5) is 0 Å². The van der Waals surface area contributed by atoms with E-state index in [1.54, 1.807) is 0 Å². The van der Waals surface area contributed by atoms with E-state index in [9.17, 15) is 0 Å². The Morgan fingerprint density at radius 3 is 1.20 bits per heavy atom. The topological polar surface area (TPSA) is 19.7 Å². The van der Waals surface area contributed by atoms with Crippen molar-refractivity contribution in [1.82, 2.24) is 4.98 Å². The van der Waals surface area contributed by atoms with Gasteiger partial charge in [-0.2, -0.15) is 0 Å². The Hall–Kier alpha value is -2.35. The molecular formula is C57H97N2+. The molecule has 3 aromatic rings. The number of H-pyrrole nitrogens is 1. The summed E-state index contributed by atoms with van der Waals surface area (Å²) < 4.78 is 2.61. The van der Waals surface area contributed by atoms with Gasteiger partial charge >= 0.3 is 0 Å². The molecule has 1 aromatic heterocycles. The van der Waals surface area contributed by atoms with Gasteiger partial charge in [-0.25, -0.2) is 9.55 Å². The van der Waals surface area contributed by atoms with Crippen LogP contribution in [0.5, 0.6) is 0 Å². The minimum atomic E-state index is -0.00147. The fourth-order valence-electron chi connectivity index (χ4n) is 9.97. The number of hydrogen-bond donors (Lipinski definition) is 1. The van der Waals surface area contributed by atoms with Gasteiger partial charge in [0.25, 0.3) is 5.82 Å². The van der Waals surface area contributed by atoms with Crippen molar-refractivity contribution >= 4 is 0 Å². The SMILES string of the molecule is CCCCCCCCCCCCCCCCCCCC(c1[nH]cc[n+]1CCCCCCCCCCCCCCCCCCC)C(C)(Cc1ccccc1)c1ccccc1. The van der Waals surface area contributed by atoms with Crippen LogP contribution in [0, 0.1) is 0 Å². The van der Waals surface area contributed by atoms with E-state index >= 15 is 0 Å². The molecule has 334 valence electrons. The zero-order chi connectivity index (χ0) is 41.7. The molecule has 2 aromatic carbocycles. The summed E-state index contributed by atoms with van der Waals surface area (Å²) in [4.78, 5) is 3.84. The van der Waals surface area contributed by atoms with Gasteiger partial charge in [0, 0.05) is 5.41 Å². The molecule has 0 aliphatic rings. The number of aromatic amines is 1. The van der Waals surface area contributed by atoms with E-state index in [4.69, 9.17) is 0 Å². The van der Waals surface area contributed by atoms with Crippen LogP contribution in [0.15, 0.2) is 73.1 Å². The van der Waals surface area contributed by atoms with Gasteiger partial charge < -0.3 is 0 Å². The highest BCUT2D eigenvalue weighted by Crippen LogP contribution is 2.43. The van der Waals surface area contributed by atoms with E-state index < -0.39 is 0 Å². The highest BCUT2D eigenvalue weighted by molar-refractivity contribution is 5.32. The Morgan fingerprint density at radius 2 is 0.797 bits per heavy atom. The van der Waals surface area contributed by atoms with Crippen LogP contribution in [0.2, 0.25) is 0 Å². The van der Waals surface area contributed by atoms with E-state index in [0.717, 1.165) is 13.0 Å². The highest BCUT2D eigenvalue weighted by atomic mass is 15.1. The quantitative estimate of drug-likeness (QED) is 0.0435. The van der Waals surface area contributed by atoms with Crippen molar-refractivity contribution in [2.75, 3.05) is 0 Å². The number of unbranched alkanes of at least 4 members (excludes halogenated alkanes) is 32. The molecule has 59 heavy (non-hydrogen) atoms. The van der Waals surface area contributed by atoms with Gasteiger partial charge in [-0.1, -0.05) is 287 Å². The number of nitrogens with zero attached hydrogens (tertiary/aromatic N) is 1. The first-order valence-corrected chi connectivity index (χ1v) is 26.3. The molecule has 0 radical (unpaired) electrons. The maximum atomic E-state index is 3.84. The summed E-state index contributed by atoms with van der Waals surface area (Å²) in [5, 5.41) is 0. The molecule has 2 atom stereocenters. The zero-order valence-corrected chi connectivity index (χ0v) is 39.6. The summed E-state index contributed by atoms with van der Waals surface area (Å²) in [6.07, 6.45) is 55.2. The molecule has 1 heterocycles. The van der Waals surface area contributed by atoms with Gasteiger partial charge in [0.15, 0.2) is 0 Å². The van der Waals surface area contributed by atoms with Crippen molar-refractivity contribution in [3.05, 3.63) is 90.0 Å². The second-order valence-corrected chi connectivity index (χ2v) is 19.1. The molecule has 0 saturated heterocycles. The smallest absolute Gasteiger partial charge is 0.247 e. The van der Waals surface area contributed by atoms with E-state index in [2.05, 4.69) is 103 Å². The summed E-state index contributed by atoms with van der Waals surface area (Å²) in [6, 6.07) is 22.8. The lowest BCUT2D eigenvalue weighted by molar-refractivity contribution is -0.705. The summed E-state index contributed by atoms with van der Waals surface area (Å²) in [5.74, 6) is 1.88. The van der Waals surface area contributed by atoms with Gasteiger partial charge in [0.1, 0.15) is 12.4 Å². The minimum absolute atomic E-state index is 0.00147. The minimum Gasteiger partial charge on any atom is -0.247 e. The third-order valence-electron chi connectivity index (χ3n) is 13.8. The van der Waals surface area contributed by atoms with Gasteiger partial charge in [0.05, 0.1) is 12.5 Å². The summed E-state index contributed by atoms with van der Waals surface area (Å²) in [6.45, 7) is 8.32. The van der Waals surface area contributed by atoms with Crippen LogP contribution >= 0.6 is 0 Å². The average molecular weight is 810 g/mol. The Labute approximate surface area is 368 Å². The van der Waals surface area contributed by atoms with E-state index in [-0.39, 0.29) is 5.41 Å². The predicted octanol–water partition coefficient (Wildman–Crippen LogP) is 18.3. The molecule has 2 heteroatoms. The van der Waals surface area contributed by atoms with Crippen molar-refractivity contribution < 1.29 is 4.57 Å². The third-order valence-corrected chi connectivity index (χ3v) is 13.8. The van der Waals surface area contributed by atoms with Crippen molar-refractivity contribution in [3.63, 3.8) is 0 Å². The number of rotatable bonds is 41. The van der Waals surface area contributed by atoms with Crippen LogP contribution in [-0.2, 0) is 18.4 Å². The first kappa shape index (κ1) is 51.0. The lowest BCUT2D eigenvalue weighted by atomic mass is 9.66. The summed E-state index contributed by atoms with van der Waals surface area (Å²) >= 11 is 0. The Morgan fingerprint density at radius 1 is 0.441 bits per heavy atom. The molecule has 0 amide bonds. The lowest BCUT2D eigenvalue weighted by Crippen LogP contribution is -2.43. The molecule has 3 rings (SSSR count). The van der Waals surface area contributed by atoms with E-state index in [1.807, 2.05) is 0 Å². The number of aryl methyl sites for hydroxylation is 1. The first-order valence-electron chi connectivity index (χ1n) is 26.3. The molecule has 0 fully saturated rings. The molecule has 0 saturated carbocycles. The Kier molecular flexibility index (Phi) is 30.5. The normalized spacial score (nSPS) is 13.2. The van der Waals surface area contributed by atoms with Gasteiger partial charge in [-0.3, -0.25) is 0 Å². The van der Waals surface area contributed by atoms with E-state index in [1.165, 1.54) is 242 Å². The second-order valence-electron chi connectivity index (χ2n) is 19.1. The number of aromatic nitrogens is 2. The maximum absolute atomic E-state index is 3.84. The number of imidazole rings is 1. The molecule has 2 nitrogen and oxygen atoms in total. The predicted molar refractivity (Wildman–Crippen MR) is 261 cm³/mol. The largest absolute Gasteiger partial charge is 0.258 e. The molecular weight excluding hydrogens is 713 g/mol. The number of hydrogen-bond acceptors (Lipinski definition) is 0. The van der Waals surface area contributed by atoms with Crippen molar-refractivity contribution in [3.8, 4) is 0 Å². The van der Waals surface area contributed by atoms with Crippen LogP contribution in [0.3, 0.4) is 0 Å². The molecule has 0 aliphatic carbocycles. The van der Waals surface area contributed by atoms with Crippen LogP contribution in [-0.4, -0.2) is 4.98 Å². The fraction of sp³-hybridized carbons (Fsp3) is 0.737. The maximum Gasteiger partial charge on any atom is 0.258 e. The standard InChI is InChI=1S/C57H96N2/c1-4-6-8-10-12-14-16-18-20-22-24-26-28-30-32-34-42-48-55(57(3,54-46-40-37-41-47-54)52-53-44-38-36-39-45-53)56-58-49-51-59(56)50-43-35-33-31-29-27-25-23-21-19-17-15-13-11-9-7-5-2/h36-41,44-47,49,51,55H,4-35,42-43,48,50,52H2,1-3H3/p+1. The molecule has 1 N–H and O–H groups in total. The highest BCUT2D eigenvalue weighted by Gasteiger charge is 2.42. The molecule has 0 bridgehead atoms. The number of nitrogens with one attached hydrogen (secondary N) is 1. The number of benzene rings is 2. The van der Waals surface area contributed by atoms with Gasteiger partial charge in [-0.05, 0) is 36.8 Å². The van der Waals surface area contributed by atoms with Crippen LogP contribution in [0.1, 0.15) is 268 Å². The van der Waals surface area contributed by atoms with Crippen LogP contribution in [0.25, 0.3) is 0 Å². The molecule has 0 spiro atoms. The Bertz CT molecular complexity index is 1310. The first-order chi connectivity index (χ1) is 29.2. The summed E-state index contributed by atoms with van der Waals surface area (Å²) in [7, 11) is 0. The fourth-order valence-corrected chi connectivity index (χ4v) is 9.97. The molecule has 2 unspecified atom stereocenters. The molecule has 0 aliphatic heterocycles. The van der Waals surface area contributed by atoms with Gasteiger partial charge in [-0.15, -0.1) is 0 Å². The van der Waals surface area contributed by atoms with Crippen molar-refractivity contribution in [1.29, 1.82) is 0 Å². The van der Waals surface area contributed by atoms with Crippen LogP contribution < -0.4 is 4.57 Å². The van der Waals surface area contributed by atoms with Crippen molar-refractivity contribution in [2.45, 2.75) is 270 Å². The summed E-state index contributed by atoms with van der Waals surface area (Å²) in [5.41, 5.74) is 2.91. The third kappa shape index (κ3) is 23.4. The second kappa shape index (κ2) is 35.3. The zero-order valence-electron chi connectivity index (χ0n) is 39.6. The van der Waals surface area contributed by atoms with Crippen molar-refractivity contribution in [2.24, 2.45) is 0 Å².